The SMILES string of the molecule is C[C@H]1O[C@H](O[C@H]2[C@H](O)[C@@H](O)[C@@H](O[C@H]3[C@H](O)[C@@H](O)[C@H](O)O[C@@H]3CO)O[C@@H]2CO)[C@H](O)[C@@H](O)[C@@H]1N[C@H]1CC(CO)[C@@H](O[C@H]2O[C@H](CO)[C@@H](O[C@H]3O[C@H](CO)[C@@H](O[C@H]4O[C@H](CO)[C@@H](O[C@H]5O[C@H](C)[C@@H](N[C@H]6C=C(CO)[C@@H](O)[C@H](O)[C@H]6O)[C@H](O)[C@H]5O)[C@H](O)[C@H]4O)[C@H](O)[C@H]3O)[C@H](O)[C@H]2O)[C@H](O)[C@H]1O. The number of hydrogen-bond donors (Lipinski definition) is 29. The summed E-state index contributed by atoms with van der Waals surface area (Å²) in [5.41, 5.74) is -0.0439. The van der Waals surface area contributed by atoms with E-state index >= 15 is 0 Å². The molecule has 0 radical (unpaired) electrons. The third kappa shape index (κ3) is 16.2. The molecule has 98 heavy (non-hydrogen) atoms. The van der Waals surface area contributed by atoms with Crippen LogP contribution in [0.5, 0.6) is 0 Å². The van der Waals surface area contributed by atoms with Gasteiger partial charge in [0.25, 0.3) is 0 Å². The first-order valence-corrected chi connectivity index (χ1v) is 32.0. The molecule has 2 aliphatic carbocycles. The molecule has 7 heterocycles. The van der Waals surface area contributed by atoms with Gasteiger partial charge in [0, 0.05) is 18.6 Å². The summed E-state index contributed by atoms with van der Waals surface area (Å²) in [6.45, 7) is -3.57. The number of hydrogen-bond acceptors (Lipinski definition) is 42. The zero-order chi connectivity index (χ0) is 72.0. The highest BCUT2D eigenvalue weighted by Crippen LogP contribution is 2.39. The Kier molecular flexibility index (Phi) is 27.9. The van der Waals surface area contributed by atoms with Gasteiger partial charge in [-0.1, -0.05) is 6.08 Å². The van der Waals surface area contributed by atoms with Crippen LogP contribution < -0.4 is 10.6 Å². The molecule has 1 unspecified atom stereocenters. The van der Waals surface area contributed by atoms with E-state index in [1.165, 1.54) is 19.9 Å². The van der Waals surface area contributed by atoms with Crippen molar-refractivity contribution in [3.63, 3.8) is 0 Å². The third-order valence-electron chi connectivity index (χ3n) is 19.7. The smallest absolute Gasteiger partial charge is 0.187 e. The second-order valence-electron chi connectivity index (χ2n) is 26.0. The summed E-state index contributed by atoms with van der Waals surface area (Å²) in [6, 6.07) is -4.96. The molecule has 7 saturated heterocycles. The van der Waals surface area contributed by atoms with Crippen LogP contribution in [-0.4, -0.2) is 448 Å². The topological polar surface area (TPSA) is 690 Å². The van der Waals surface area contributed by atoms with Crippen molar-refractivity contribution in [1.29, 1.82) is 0 Å². The highest BCUT2D eigenvalue weighted by atomic mass is 16.8. The first-order valence-electron chi connectivity index (χ1n) is 32.0. The van der Waals surface area contributed by atoms with E-state index in [9.17, 15) is 138 Å². The molecule has 0 aromatic heterocycles. The van der Waals surface area contributed by atoms with Crippen LogP contribution in [-0.2, 0) is 61.6 Å². The predicted octanol–water partition coefficient (Wildman–Crippen LogP) is -18.2. The average Bonchev–Trinajstić information content (AvgIpc) is 0.783. The maximum Gasteiger partial charge on any atom is 0.187 e. The standard InChI is InChI=1S/C56H96N2O40/c1-12-23(57-16-3-14(5-59)25(66)30(71)26(16)67)28(69)38(79)51(86-12)95-47-20(9-63)91-55(42(83)35(47)76)98-49-22(11-65)92-56(43(84)36(49)77)97-48-21(10-64)89-53(40(81)33(48)74)93-44-15(6-60)4-17(27(68)31(44)72)58-24-13(2)87-52(39(80)29(24)70)94-46-19(8-62)90-54(41(82)34(46)75)96-45-18(7-61)88-50(85)37(78)32(45)73/h3,12-13,15-85H,4-11H2,1-2H3/t12-,13-,15?,16+,17+,18-,19-,20-,21-,22-,23-,24-,25-,26+,27+,28+,29+,30+,31-,32-,33-,34-,35-,36-,37-,38-,39-,40-,41-,42-,43-,44-,45-,46-,47-,48-,49-,50-,51-,52-,53-,54-,55-,56-/m1/s1. The molecular formula is C56H96N2O40. The summed E-state index contributed by atoms with van der Waals surface area (Å²) in [6.07, 6.45) is -70.9. The summed E-state index contributed by atoms with van der Waals surface area (Å²) in [5, 5.41) is 298. The summed E-state index contributed by atoms with van der Waals surface area (Å²) in [4.78, 5) is 0. The minimum Gasteiger partial charge on any atom is -0.396 e. The van der Waals surface area contributed by atoms with Crippen molar-refractivity contribution < 1.29 is 199 Å². The largest absolute Gasteiger partial charge is 0.396 e. The Morgan fingerprint density at radius 2 is 0.633 bits per heavy atom. The molecule has 0 aromatic carbocycles. The molecule has 9 aliphatic rings. The zero-order valence-corrected chi connectivity index (χ0v) is 52.5. The molecule has 42 heteroatoms. The minimum atomic E-state index is -2.22. The van der Waals surface area contributed by atoms with Crippen LogP contribution in [0, 0.1) is 5.92 Å². The number of nitrogens with one attached hydrogen (secondary N) is 2. The second kappa shape index (κ2) is 34.1. The number of aliphatic hydroxyl groups is 27. The van der Waals surface area contributed by atoms with Crippen LogP contribution in [0.1, 0.15) is 20.3 Å². The van der Waals surface area contributed by atoms with Gasteiger partial charge >= 0.3 is 0 Å². The summed E-state index contributed by atoms with van der Waals surface area (Å²) in [7, 11) is 0. The predicted molar refractivity (Wildman–Crippen MR) is 305 cm³/mol. The fourth-order valence-electron chi connectivity index (χ4n) is 13.9. The number of rotatable bonds is 23. The molecule has 0 amide bonds. The molecule has 1 saturated carbocycles. The van der Waals surface area contributed by atoms with E-state index in [0.717, 1.165) is 0 Å². The van der Waals surface area contributed by atoms with E-state index in [1.54, 1.807) is 0 Å². The van der Waals surface area contributed by atoms with E-state index < -0.39 is 316 Å². The van der Waals surface area contributed by atoms with Crippen molar-refractivity contribution >= 4 is 0 Å². The van der Waals surface area contributed by atoms with Crippen LogP contribution in [0.4, 0.5) is 0 Å². The van der Waals surface area contributed by atoms with Gasteiger partial charge in [0.2, 0.25) is 0 Å². The summed E-state index contributed by atoms with van der Waals surface area (Å²) >= 11 is 0. The Labute approximate surface area is 556 Å². The lowest BCUT2D eigenvalue weighted by Gasteiger charge is -2.50. The molecule has 0 spiro atoms. The van der Waals surface area contributed by atoms with Crippen molar-refractivity contribution in [2.24, 2.45) is 5.92 Å². The van der Waals surface area contributed by atoms with Crippen LogP contribution in [0.15, 0.2) is 11.6 Å². The lowest BCUT2D eigenvalue weighted by molar-refractivity contribution is -0.389. The minimum absolute atomic E-state index is 0.0439. The van der Waals surface area contributed by atoms with Gasteiger partial charge in [-0.15, -0.1) is 0 Å². The highest BCUT2D eigenvalue weighted by Gasteiger charge is 2.59. The Morgan fingerprint density at radius 3 is 0.980 bits per heavy atom. The first-order chi connectivity index (χ1) is 46.4. The molecule has 0 aromatic rings. The fourth-order valence-corrected chi connectivity index (χ4v) is 13.9. The van der Waals surface area contributed by atoms with Gasteiger partial charge < -0.3 is 210 Å². The molecule has 0 bridgehead atoms. The van der Waals surface area contributed by atoms with Crippen LogP contribution in [0.25, 0.3) is 0 Å². The Bertz CT molecular complexity index is 2490. The molecule has 42 nitrogen and oxygen atoms in total. The zero-order valence-electron chi connectivity index (χ0n) is 52.5. The van der Waals surface area contributed by atoms with Gasteiger partial charge in [0.15, 0.2) is 44.0 Å². The molecule has 8 fully saturated rings. The van der Waals surface area contributed by atoms with Crippen LogP contribution >= 0.6 is 0 Å². The van der Waals surface area contributed by atoms with Crippen LogP contribution in [0.3, 0.4) is 0 Å². The van der Waals surface area contributed by atoms with Crippen LogP contribution in [0.2, 0.25) is 0 Å². The Balaban J connectivity index is 0.763. The van der Waals surface area contributed by atoms with E-state index in [0.29, 0.717) is 0 Å². The van der Waals surface area contributed by atoms with Gasteiger partial charge in [-0.05, 0) is 25.8 Å². The third-order valence-corrected chi connectivity index (χ3v) is 19.7. The van der Waals surface area contributed by atoms with E-state index in [-0.39, 0.29) is 12.0 Å². The molecule has 9 rings (SSSR count). The van der Waals surface area contributed by atoms with Gasteiger partial charge in [-0.2, -0.15) is 0 Å². The van der Waals surface area contributed by atoms with Crippen molar-refractivity contribution in [2.75, 3.05) is 46.2 Å². The highest BCUT2D eigenvalue weighted by molar-refractivity contribution is 5.22. The Hall–Kier alpha value is -1.94. The Morgan fingerprint density at radius 1 is 0.327 bits per heavy atom. The monoisotopic (exact) mass is 1440 g/mol. The van der Waals surface area contributed by atoms with Gasteiger partial charge in [-0.3, -0.25) is 0 Å². The lowest BCUT2D eigenvalue weighted by atomic mass is 9.78. The molecular weight excluding hydrogens is 1340 g/mol. The molecule has 29 N–H and O–H groups in total. The molecule has 44 atom stereocenters. The van der Waals surface area contributed by atoms with E-state index in [4.69, 9.17) is 61.6 Å². The van der Waals surface area contributed by atoms with E-state index in [2.05, 4.69) is 10.6 Å². The van der Waals surface area contributed by atoms with Gasteiger partial charge in [-0.25, -0.2) is 0 Å². The summed E-state index contributed by atoms with van der Waals surface area (Å²) < 4.78 is 74.0. The molecule has 570 valence electrons. The molecule has 7 aliphatic heterocycles. The quantitative estimate of drug-likeness (QED) is 0.0422. The normalized spacial score (nSPS) is 53.7. The van der Waals surface area contributed by atoms with Crippen molar-refractivity contribution in [2.45, 2.75) is 284 Å². The van der Waals surface area contributed by atoms with Gasteiger partial charge in [0.05, 0.1) is 82.2 Å². The van der Waals surface area contributed by atoms with Crippen molar-refractivity contribution in [1.82, 2.24) is 10.6 Å². The lowest BCUT2D eigenvalue weighted by Crippen LogP contribution is -2.70. The fraction of sp³-hybridized carbons (Fsp3) is 0.964. The maximum absolute atomic E-state index is 11.5. The second-order valence-corrected chi connectivity index (χ2v) is 26.0. The summed E-state index contributed by atoms with van der Waals surface area (Å²) in [5.74, 6) is -1.17. The van der Waals surface area contributed by atoms with Gasteiger partial charge in [0.1, 0.15) is 171 Å². The first kappa shape index (κ1) is 80.2. The van der Waals surface area contributed by atoms with Crippen molar-refractivity contribution in [3.05, 3.63) is 11.6 Å². The van der Waals surface area contributed by atoms with E-state index in [1.807, 2.05) is 0 Å². The van der Waals surface area contributed by atoms with Crippen molar-refractivity contribution in [3.8, 4) is 0 Å². The maximum atomic E-state index is 11.5. The number of ether oxygens (including phenoxy) is 13. The number of aliphatic hydroxyl groups excluding tert-OH is 27. The average molecular weight is 1440 g/mol.